The fraction of sp³-hybridized carbons (Fsp3) is 0.500. The lowest BCUT2D eigenvalue weighted by Crippen LogP contribution is -2.33. The first kappa shape index (κ1) is 15.6. The molecule has 1 aromatic rings. The monoisotopic (exact) mass is 330 g/mol. The minimum atomic E-state index is -4.38. The SMILES string of the molecule is COc1cc(C(F)(F)F)ccc1C1=CC2CCCC(C1)S2=O. The Morgan fingerprint density at radius 3 is 2.68 bits per heavy atom. The Balaban J connectivity index is 2.00. The van der Waals surface area contributed by atoms with Gasteiger partial charge in [0.1, 0.15) is 5.75 Å². The third-order valence-corrected chi connectivity index (χ3v) is 6.38. The van der Waals surface area contributed by atoms with Gasteiger partial charge in [-0.1, -0.05) is 18.6 Å². The number of allylic oxidation sites excluding steroid dienone is 1. The second kappa shape index (κ2) is 5.72. The molecule has 0 amide bonds. The lowest BCUT2D eigenvalue weighted by molar-refractivity contribution is -0.137. The van der Waals surface area contributed by atoms with Crippen LogP contribution in [0.15, 0.2) is 24.3 Å². The zero-order chi connectivity index (χ0) is 15.9. The van der Waals surface area contributed by atoms with Crippen molar-refractivity contribution in [2.24, 2.45) is 0 Å². The molecular formula is C16H17F3O2S. The molecule has 2 aliphatic rings. The van der Waals surface area contributed by atoms with Crippen LogP contribution in [-0.4, -0.2) is 21.8 Å². The van der Waals surface area contributed by atoms with Crippen LogP contribution < -0.4 is 4.74 Å². The first-order valence-corrected chi connectivity index (χ1v) is 8.53. The first-order valence-electron chi connectivity index (χ1n) is 7.26. The van der Waals surface area contributed by atoms with Crippen molar-refractivity contribution >= 4 is 16.4 Å². The van der Waals surface area contributed by atoms with Crippen LogP contribution in [0.5, 0.6) is 5.75 Å². The third kappa shape index (κ3) is 2.81. The second-order valence-electron chi connectivity index (χ2n) is 5.73. The third-order valence-electron chi connectivity index (χ3n) is 4.35. The Morgan fingerprint density at radius 2 is 2.05 bits per heavy atom. The van der Waals surface area contributed by atoms with Crippen molar-refractivity contribution in [3.63, 3.8) is 0 Å². The van der Waals surface area contributed by atoms with Crippen LogP contribution >= 0.6 is 0 Å². The average Bonchev–Trinajstić information content (AvgIpc) is 2.45. The zero-order valence-corrected chi connectivity index (χ0v) is 13.0. The molecule has 0 saturated carbocycles. The number of alkyl halides is 3. The summed E-state index contributed by atoms with van der Waals surface area (Å²) < 4.78 is 55.8. The van der Waals surface area contributed by atoms with Crippen LogP contribution in [0.25, 0.3) is 5.57 Å². The average molecular weight is 330 g/mol. The molecule has 3 rings (SSSR count). The Kier molecular flexibility index (Phi) is 4.05. The molecule has 0 radical (unpaired) electrons. The van der Waals surface area contributed by atoms with Gasteiger partial charge in [-0.05, 0) is 37.0 Å². The van der Waals surface area contributed by atoms with Crippen LogP contribution in [0.4, 0.5) is 13.2 Å². The van der Waals surface area contributed by atoms with Crippen LogP contribution in [0.2, 0.25) is 0 Å². The van der Waals surface area contributed by atoms with Gasteiger partial charge in [-0.25, -0.2) is 0 Å². The maximum absolute atomic E-state index is 12.8. The van der Waals surface area contributed by atoms with Crippen LogP contribution in [0.3, 0.4) is 0 Å². The fourth-order valence-corrected chi connectivity index (χ4v) is 5.17. The normalized spacial score (nSPS) is 28.2. The Morgan fingerprint density at radius 1 is 1.27 bits per heavy atom. The lowest BCUT2D eigenvalue weighted by atomic mass is 9.92. The highest BCUT2D eigenvalue weighted by Gasteiger charge is 2.35. The summed E-state index contributed by atoms with van der Waals surface area (Å²) in [5.41, 5.74) is 0.928. The molecule has 3 unspecified atom stereocenters. The summed E-state index contributed by atoms with van der Waals surface area (Å²) >= 11 is 0. The number of fused-ring (bicyclic) bond motifs is 2. The van der Waals surface area contributed by atoms with E-state index in [-0.39, 0.29) is 16.2 Å². The Bertz CT molecular complexity index is 637. The molecule has 120 valence electrons. The minimum absolute atomic E-state index is 0.0227. The number of rotatable bonds is 2. The van der Waals surface area contributed by atoms with Gasteiger partial charge in [0.15, 0.2) is 0 Å². The molecule has 1 aromatic carbocycles. The molecular weight excluding hydrogens is 313 g/mol. The van der Waals surface area contributed by atoms with E-state index in [2.05, 4.69) is 0 Å². The van der Waals surface area contributed by atoms with Crippen molar-refractivity contribution in [2.75, 3.05) is 7.11 Å². The highest BCUT2D eigenvalue weighted by molar-refractivity contribution is 7.86. The second-order valence-corrected chi connectivity index (χ2v) is 7.66. The van der Waals surface area contributed by atoms with Crippen molar-refractivity contribution in [2.45, 2.75) is 42.4 Å². The van der Waals surface area contributed by atoms with Gasteiger partial charge in [-0.2, -0.15) is 13.2 Å². The highest BCUT2D eigenvalue weighted by Crippen LogP contribution is 2.41. The van der Waals surface area contributed by atoms with Crippen molar-refractivity contribution in [1.82, 2.24) is 0 Å². The van der Waals surface area contributed by atoms with Gasteiger partial charge in [-0.15, -0.1) is 0 Å². The lowest BCUT2D eigenvalue weighted by Gasteiger charge is -2.33. The van der Waals surface area contributed by atoms with E-state index in [0.29, 0.717) is 12.0 Å². The molecule has 6 heteroatoms. The van der Waals surface area contributed by atoms with Gasteiger partial charge in [0.05, 0.1) is 17.9 Å². The van der Waals surface area contributed by atoms with E-state index in [1.54, 1.807) is 0 Å². The van der Waals surface area contributed by atoms with Gasteiger partial charge in [0.2, 0.25) is 0 Å². The fourth-order valence-electron chi connectivity index (χ4n) is 3.23. The smallest absolute Gasteiger partial charge is 0.416 e. The predicted octanol–water partition coefficient (Wildman–Crippen LogP) is 4.17. The molecule has 0 N–H and O–H groups in total. The summed E-state index contributed by atoms with van der Waals surface area (Å²) in [4.78, 5) is 0. The Hall–Kier alpha value is -1.30. The molecule has 1 fully saturated rings. The van der Waals surface area contributed by atoms with Gasteiger partial charge in [0, 0.05) is 21.6 Å². The van der Waals surface area contributed by atoms with E-state index in [4.69, 9.17) is 4.74 Å². The topological polar surface area (TPSA) is 26.3 Å². The molecule has 0 aliphatic carbocycles. The number of halogens is 3. The number of methoxy groups -OCH3 is 1. The van der Waals surface area contributed by atoms with Gasteiger partial charge in [-0.3, -0.25) is 4.21 Å². The highest BCUT2D eigenvalue weighted by atomic mass is 32.2. The summed E-state index contributed by atoms with van der Waals surface area (Å²) in [7, 11) is 0.522. The molecule has 0 aromatic heterocycles. The number of benzene rings is 1. The number of hydrogen-bond acceptors (Lipinski definition) is 2. The largest absolute Gasteiger partial charge is 0.496 e. The standard InChI is InChI=1S/C16H17F3O2S/c1-21-15-9-11(16(17,18)19)5-6-14(15)10-7-12-3-2-4-13(8-10)22(12)20/h5-7,9,12-13H,2-4,8H2,1H3. The van der Waals surface area contributed by atoms with E-state index in [9.17, 15) is 17.4 Å². The molecule has 2 bridgehead atoms. The summed E-state index contributed by atoms with van der Waals surface area (Å²) in [6.45, 7) is 0. The quantitative estimate of drug-likeness (QED) is 0.813. The molecule has 2 aliphatic heterocycles. The van der Waals surface area contributed by atoms with Crippen molar-refractivity contribution < 1.29 is 22.1 Å². The van der Waals surface area contributed by atoms with Gasteiger partial charge < -0.3 is 4.74 Å². The van der Waals surface area contributed by atoms with E-state index in [1.165, 1.54) is 13.2 Å². The first-order chi connectivity index (χ1) is 10.4. The molecule has 2 nitrogen and oxygen atoms in total. The molecule has 2 heterocycles. The maximum Gasteiger partial charge on any atom is 0.416 e. The zero-order valence-electron chi connectivity index (χ0n) is 12.2. The summed E-state index contributed by atoms with van der Waals surface area (Å²) in [5.74, 6) is 0.229. The van der Waals surface area contributed by atoms with Crippen LogP contribution in [0.1, 0.15) is 36.8 Å². The number of hydrogen-bond donors (Lipinski definition) is 0. The van der Waals surface area contributed by atoms with E-state index in [1.807, 2.05) is 6.08 Å². The summed E-state index contributed by atoms with van der Waals surface area (Å²) in [6.07, 6.45) is 1.10. The maximum atomic E-state index is 12.8. The summed E-state index contributed by atoms with van der Waals surface area (Å²) in [5, 5.41) is 0.139. The van der Waals surface area contributed by atoms with Crippen molar-refractivity contribution in [3.8, 4) is 5.75 Å². The molecule has 1 saturated heterocycles. The van der Waals surface area contributed by atoms with Gasteiger partial charge in [0.25, 0.3) is 0 Å². The molecule has 22 heavy (non-hydrogen) atoms. The van der Waals surface area contributed by atoms with Gasteiger partial charge >= 0.3 is 6.18 Å². The van der Waals surface area contributed by atoms with E-state index < -0.39 is 22.5 Å². The molecule has 3 atom stereocenters. The minimum Gasteiger partial charge on any atom is -0.496 e. The number of ether oxygens (including phenoxy) is 1. The molecule has 0 spiro atoms. The van der Waals surface area contributed by atoms with Crippen molar-refractivity contribution in [1.29, 1.82) is 0 Å². The summed E-state index contributed by atoms with van der Waals surface area (Å²) in [6, 6.07) is 3.59. The van der Waals surface area contributed by atoms with E-state index in [0.717, 1.165) is 37.0 Å². The van der Waals surface area contributed by atoms with Crippen LogP contribution in [0, 0.1) is 0 Å². The Labute approximate surface area is 129 Å². The van der Waals surface area contributed by atoms with Crippen LogP contribution in [-0.2, 0) is 17.0 Å². The van der Waals surface area contributed by atoms with Crippen molar-refractivity contribution in [3.05, 3.63) is 35.4 Å². The van der Waals surface area contributed by atoms with E-state index >= 15 is 0 Å². The predicted molar refractivity (Wildman–Crippen MR) is 80.2 cm³/mol.